The minimum atomic E-state index is 0.875. The van der Waals surface area contributed by atoms with E-state index >= 15 is 0 Å². The molecule has 0 bridgehead atoms. The Morgan fingerprint density at radius 1 is 0.429 bits per heavy atom. The van der Waals surface area contributed by atoms with Crippen molar-refractivity contribution in [1.82, 2.24) is 0 Å². The Labute approximate surface area is 255 Å². The van der Waals surface area contributed by atoms with Crippen LogP contribution in [-0.4, -0.2) is 0 Å². The van der Waals surface area contributed by atoms with Gasteiger partial charge < -0.3 is 4.42 Å². The second-order valence-electron chi connectivity index (χ2n) is 10.7. The molecule has 0 fully saturated rings. The summed E-state index contributed by atoms with van der Waals surface area (Å²) in [6.45, 7) is 0. The number of thiophene rings is 2. The second kappa shape index (κ2) is 9.33. The van der Waals surface area contributed by atoms with Crippen LogP contribution in [-0.2, 0) is 0 Å². The van der Waals surface area contributed by atoms with E-state index in [9.17, 15) is 0 Å². The molecule has 9 rings (SSSR count). The van der Waals surface area contributed by atoms with Crippen molar-refractivity contribution in [2.24, 2.45) is 0 Å². The van der Waals surface area contributed by atoms with E-state index in [1.54, 1.807) is 0 Å². The van der Waals surface area contributed by atoms with Gasteiger partial charge in [-0.25, -0.2) is 0 Å². The summed E-state index contributed by atoms with van der Waals surface area (Å²) in [5, 5.41) is 6.33. The molecule has 0 amide bonds. The van der Waals surface area contributed by atoms with Crippen molar-refractivity contribution >= 4 is 86.6 Å². The molecule has 0 aliphatic rings. The van der Waals surface area contributed by atoms with Crippen LogP contribution in [0.15, 0.2) is 137 Å². The minimum absolute atomic E-state index is 0.875. The molecule has 42 heavy (non-hydrogen) atoms. The molecule has 1 nitrogen and oxygen atoms in total. The molecule has 3 aromatic heterocycles. The average Bonchev–Trinajstić information content (AvgIpc) is 3.73. The zero-order chi connectivity index (χ0) is 27.8. The quantitative estimate of drug-likeness (QED) is 0.202. The molecule has 4 heteroatoms. The summed E-state index contributed by atoms with van der Waals surface area (Å²) >= 11 is 8.59. The van der Waals surface area contributed by atoms with Crippen LogP contribution in [0, 0.1) is 0 Å². The SMILES string of the molecule is Sc1ccc(-c2ccc3sc4ccccc4c3c2)cc1-c1coc2ccc(-c3ccc4sc5ccccc5c4c3)cc12. The van der Waals surface area contributed by atoms with Gasteiger partial charge in [-0.3, -0.25) is 0 Å². The van der Waals surface area contributed by atoms with Crippen molar-refractivity contribution < 1.29 is 4.42 Å². The zero-order valence-corrected chi connectivity index (χ0v) is 24.8. The summed E-state index contributed by atoms with van der Waals surface area (Å²) in [6, 6.07) is 43.9. The van der Waals surface area contributed by atoms with E-state index in [1.807, 2.05) is 28.9 Å². The molecule has 6 aromatic carbocycles. The maximum absolute atomic E-state index is 6.07. The summed E-state index contributed by atoms with van der Waals surface area (Å²) in [7, 11) is 0. The molecule has 9 aromatic rings. The monoisotopic (exact) mass is 590 g/mol. The highest BCUT2D eigenvalue weighted by Crippen LogP contribution is 2.41. The fraction of sp³-hybridized carbons (Fsp3) is 0. The molecule has 0 N–H and O–H groups in total. The predicted molar refractivity (Wildman–Crippen MR) is 186 cm³/mol. The molecule has 198 valence electrons. The van der Waals surface area contributed by atoms with Gasteiger partial charge in [-0.15, -0.1) is 35.3 Å². The molecular weight excluding hydrogens is 569 g/mol. The zero-order valence-electron chi connectivity index (χ0n) is 22.3. The van der Waals surface area contributed by atoms with Crippen LogP contribution >= 0.6 is 35.3 Å². The van der Waals surface area contributed by atoms with Gasteiger partial charge in [-0.2, -0.15) is 0 Å². The fourth-order valence-corrected chi connectivity index (χ4v) is 8.59. The predicted octanol–water partition coefficient (Wildman–Crippen LogP) is 12.5. The van der Waals surface area contributed by atoms with Gasteiger partial charge in [0, 0.05) is 56.2 Å². The van der Waals surface area contributed by atoms with Crippen LogP contribution in [0.5, 0.6) is 0 Å². The van der Waals surface area contributed by atoms with E-state index in [1.165, 1.54) is 62.6 Å². The number of benzene rings is 6. The number of rotatable bonds is 3. The molecule has 0 atom stereocenters. The van der Waals surface area contributed by atoms with Gasteiger partial charge in [0.15, 0.2) is 0 Å². The van der Waals surface area contributed by atoms with Crippen LogP contribution < -0.4 is 0 Å². The summed E-state index contributed by atoms with van der Waals surface area (Å²) in [5.74, 6) is 0. The van der Waals surface area contributed by atoms with Gasteiger partial charge in [0.25, 0.3) is 0 Å². The third-order valence-electron chi connectivity index (χ3n) is 8.28. The molecule has 0 radical (unpaired) electrons. The first-order valence-corrected chi connectivity index (χ1v) is 16.0. The smallest absolute Gasteiger partial charge is 0.134 e. The van der Waals surface area contributed by atoms with Crippen molar-refractivity contribution in [1.29, 1.82) is 0 Å². The topological polar surface area (TPSA) is 13.1 Å². The Kier molecular flexibility index (Phi) is 5.39. The van der Waals surface area contributed by atoms with Crippen LogP contribution in [0.1, 0.15) is 0 Å². The van der Waals surface area contributed by atoms with Crippen LogP contribution in [0.4, 0.5) is 0 Å². The normalized spacial score (nSPS) is 11.9. The van der Waals surface area contributed by atoms with Crippen molar-refractivity contribution in [3.63, 3.8) is 0 Å². The third-order valence-corrected chi connectivity index (χ3v) is 11.0. The highest BCUT2D eigenvalue weighted by atomic mass is 32.1. The maximum Gasteiger partial charge on any atom is 0.134 e. The Balaban J connectivity index is 1.17. The van der Waals surface area contributed by atoms with Crippen molar-refractivity contribution in [3.05, 3.63) is 128 Å². The number of fused-ring (bicyclic) bond motifs is 7. The molecule has 0 unspecified atom stereocenters. The van der Waals surface area contributed by atoms with E-state index < -0.39 is 0 Å². The van der Waals surface area contributed by atoms with Gasteiger partial charge in [-0.05, 0) is 88.5 Å². The van der Waals surface area contributed by atoms with E-state index in [0.29, 0.717) is 0 Å². The fourth-order valence-electron chi connectivity index (χ4n) is 6.16. The number of thiol groups is 1. The van der Waals surface area contributed by atoms with Gasteiger partial charge in [-0.1, -0.05) is 60.7 Å². The summed E-state index contributed by atoms with van der Waals surface area (Å²) in [6.07, 6.45) is 1.87. The molecular formula is C38H22OS3. The molecule has 0 saturated heterocycles. The van der Waals surface area contributed by atoms with Gasteiger partial charge >= 0.3 is 0 Å². The van der Waals surface area contributed by atoms with E-state index in [4.69, 9.17) is 17.0 Å². The van der Waals surface area contributed by atoms with Crippen LogP contribution in [0.2, 0.25) is 0 Å². The summed E-state index contributed by atoms with van der Waals surface area (Å²) in [4.78, 5) is 0.931. The first kappa shape index (κ1) is 24.3. The largest absolute Gasteiger partial charge is 0.464 e. The molecule has 0 aliphatic heterocycles. The summed E-state index contributed by atoms with van der Waals surface area (Å²) in [5.41, 5.74) is 7.75. The minimum Gasteiger partial charge on any atom is -0.464 e. The maximum atomic E-state index is 6.07. The molecule has 3 heterocycles. The highest BCUT2D eigenvalue weighted by molar-refractivity contribution is 7.80. The molecule has 0 saturated carbocycles. The lowest BCUT2D eigenvalue weighted by Crippen LogP contribution is -1.84. The summed E-state index contributed by atoms with van der Waals surface area (Å²) < 4.78 is 11.3. The van der Waals surface area contributed by atoms with E-state index in [-0.39, 0.29) is 0 Å². The highest BCUT2D eigenvalue weighted by Gasteiger charge is 2.15. The number of furan rings is 1. The van der Waals surface area contributed by atoms with E-state index in [2.05, 4.69) is 121 Å². The lowest BCUT2D eigenvalue weighted by molar-refractivity contribution is 0.617. The first-order valence-electron chi connectivity index (χ1n) is 13.9. The third kappa shape index (κ3) is 3.76. The van der Waals surface area contributed by atoms with Gasteiger partial charge in [0.05, 0.1) is 6.26 Å². The van der Waals surface area contributed by atoms with Crippen molar-refractivity contribution in [2.75, 3.05) is 0 Å². The van der Waals surface area contributed by atoms with Crippen LogP contribution in [0.3, 0.4) is 0 Å². The second-order valence-corrected chi connectivity index (χ2v) is 13.4. The van der Waals surface area contributed by atoms with Crippen molar-refractivity contribution in [3.8, 4) is 33.4 Å². The standard InChI is InChI=1S/C38H22OS3/c40-34-14-10-23(25-12-16-38-31(20-25)27-6-2-4-8-36(27)42-38)18-29(34)32-21-39-33-13-9-22(17-28(32)33)24-11-15-37-30(19-24)26-5-1-3-7-35(26)41-37/h1-21,40H. The Hall–Kier alpha value is -4.35. The molecule has 0 spiro atoms. The average molecular weight is 591 g/mol. The lowest BCUT2D eigenvalue weighted by Gasteiger charge is -2.09. The number of hydrogen-bond donors (Lipinski definition) is 1. The van der Waals surface area contributed by atoms with Gasteiger partial charge in [0.1, 0.15) is 5.58 Å². The Morgan fingerprint density at radius 3 is 1.57 bits per heavy atom. The first-order chi connectivity index (χ1) is 20.7. The van der Waals surface area contributed by atoms with Crippen LogP contribution in [0.25, 0.3) is 84.7 Å². The van der Waals surface area contributed by atoms with E-state index in [0.717, 1.165) is 27.0 Å². The Bertz CT molecular complexity index is 2490. The number of hydrogen-bond acceptors (Lipinski definition) is 4. The van der Waals surface area contributed by atoms with Crippen molar-refractivity contribution in [2.45, 2.75) is 4.90 Å². The Morgan fingerprint density at radius 2 is 0.929 bits per heavy atom. The van der Waals surface area contributed by atoms with Gasteiger partial charge in [0.2, 0.25) is 0 Å². The lowest BCUT2D eigenvalue weighted by atomic mass is 9.96. The molecule has 0 aliphatic carbocycles.